The number of aromatic nitrogens is 3. The van der Waals surface area contributed by atoms with E-state index in [-0.39, 0.29) is 0 Å². The first-order valence-electron chi connectivity index (χ1n) is 3.45. The summed E-state index contributed by atoms with van der Waals surface area (Å²) < 4.78 is 2.60. The molecule has 0 aliphatic heterocycles. The molecule has 0 spiro atoms. The second kappa shape index (κ2) is 2.58. The van der Waals surface area contributed by atoms with Gasteiger partial charge in [0.1, 0.15) is 3.57 Å². The Kier molecular flexibility index (Phi) is 1.67. The maximum atomic E-state index is 5.62. The lowest BCUT2D eigenvalue weighted by molar-refractivity contribution is 0.934. The zero-order chi connectivity index (χ0) is 8.72. The van der Waals surface area contributed by atoms with Crippen LogP contribution in [0.15, 0.2) is 12.3 Å². The van der Waals surface area contributed by atoms with Crippen molar-refractivity contribution in [3.63, 3.8) is 0 Å². The number of rotatable bonds is 0. The van der Waals surface area contributed by atoms with Crippen molar-refractivity contribution in [2.24, 2.45) is 0 Å². The summed E-state index contributed by atoms with van der Waals surface area (Å²) in [4.78, 5) is 4.31. The fourth-order valence-corrected chi connectivity index (χ4v) is 1.49. The van der Waals surface area contributed by atoms with Crippen LogP contribution in [-0.4, -0.2) is 14.6 Å². The number of halogens is 1. The van der Waals surface area contributed by atoms with Gasteiger partial charge in [-0.25, -0.2) is 9.50 Å². The first kappa shape index (κ1) is 7.78. The molecule has 5 heteroatoms. The molecule has 0 aliphatic rings. The van der Waals surface area contributed by atoms with E-state index < -0.39 is 0 Å². The topological polar surface area (TPSA) is 56.2 Å². The number of nitrogens with zero attached hydrogens (tertiary/aromatic N) is 3. The molecule has 0 aromatic carbocycles. The Hall–Kier alpha value is -0.850. The van der Waals surface area contributed by atoms with Crippen molar-refractivity contribution in [2.45, 2.75) is 6.92 Å². The van der Waals surface area contributed by atoms with E-state index in [4.69, 9.17) is 5.73 Å². The minimum absolute atomic E-state index is 0.536. The van der Waals surface area contributed by atoms with Crippen molar-refractivity contribution in [2.75, 3.05) is 5.73 Å². The van der Waals surface area contributed by atoms with Crippen LogP contribution in [0.4, 0.5) is 5.82 Å². The van der Waals surface area contributed by atoms with Gasteiger partial charge in [-0.3, -0.25) is 0 Å². The van der Waals surface area contributed by atoms with Gasteiger partial charge in [-0.05, 0) is 35.6 Å². The summed E-state index contributed by atoms with van der Waals surface area (Å²) in [6, 6.07) is 1.90. The molecule has 0 amide bonds. The zero-order valence-corrected chi connectivity index (χ0v) is 8.61. The fraction of sp³-hybridized carbons (Fsp3) is 0.143. The lowest BCUT2D eigenvalue weighted by atomic mass is 10.4. The molecule has 12 heavy (non-hydrogen) atoms. The van der Waals surface area contributed by atoms with Gasteiger partial charge >= 0.3 is 0 Å². The van der Waals surface area contributed by atoms with Crippen LogP contribution >= 0.6 is 22.6 Å². The van der Waals surface area contributed by atoms with Gasteiger partial charge in [-0.15, -0.1) is 5.10 Å². The maximum Gasteiger partial charge on any atom is 0.170 e. The molecule has 0 fully saturated rings. The Labute approximate surface area is 82.9 Å². The Morgan fingerprint density at radius 2 is 2.33 bits per heavy atom. The third-order valence-corrected chi connectivity index (χ3v) is 2.63. The second-order valence-corrected chi connectivity index (χ2v) is 3.62. The number of anilines is 1. The third kappa shape index (κ3) is 1.04. The zero-order valence-electron chi connectivity index (χ0n) is 6.45. The van der Waals surface area contributed by atoms with E-state index in [1.165, 1.54) is 0 Å². The predicted octanol–water partition coefficient (Wildman–Crippen LogP) is 1.22. The smallest absolute Gasteiger partial charge is 0.170 e. The van der Waals surface area contributed by atoms with Crippen molar-refractivity contribution in [3.05, 3.63) is 21.5 Å². The van der Waals surface area contributed by atoms with Crippen molar-refractivity contribution in [3.8, 4) is 0 Å². The Bertz CT molecular complexity index is 434. The molecule has 0 bridgehead atoms. The second-order valence-electron chi connectivity index (χ2n) is 2.54. The number of hydrogen-bond donors (Lipinski definition) is 1. The van der Waals surface area contributed by atoms with Gasteiger partial charge in [0.25, 0.3) is 0 Å². The molecule has 0 radical (unpaired) electrons. The molecule has 0 unspecified atom stereocenters. The van der Waals surface area contributed by atoms with Crippen molar-refractivity contribution >= 4 is 34.1 Å². The van der Waals surface area contributed by atoms with Gasteiger partial charge in [0.15, 0.2) is 11.5 Å². The Morgan fingerprint density at radius 1 is 1.58 bits per heavy atom. The van der Waals surface area contributed by atoms with Crippen LogP contribution in [0.5, 0.6) is 0 Å². The largest absolute Gasteiger partial charge is 0.381 e. The van der Waals surface area contributed by atoms with Crippen molar-refractivity contribution < 1.29 is 0 Å². The van der Waals surface area contributed by atoms with Crippen LogP contribution in [0.1, 0.15) is 5.69 Å². The summed E-state index contributed by atoms with van der Waals surface area (Å²) in [5, 5.41) is 4.08. The number of hydrogen-bond acceptors (Lipinski definition) is 3. The molecule has 0 aliphatic carbocycles. The third-order valence-electron chi connectivity index (χ3n) is 1.59. The average molecular weight is 274 g/mol. The standard InChI is InChI=1S/C7H7IN4/c1-4-2-3-12-7(10-4)5(8)6(9)11-12/h2-3H,1H3,(H2,9,11). The predicted molar refractivity (Wildman–Crippen MR) is 54.9 cm³/mol. The van der Waals surface area contributed by atoms with E-state index >= 15 is 0 Å². The van der Waals surface area contributed by atoms with Gasteiger partial charge in [0, 0.05) is 11.9 Å². The minimum Gasteiger partial charge on any atom is -0.381 e. The number of nitrogens with two attached hydrogens (primary N) is 1. The average Bonchev–Trinajstić information content (AvgIpc) is 2.31. The lowest BCUT2D eigenvalue weighted by Gasteiger charge is -1.92. The lowest BCUT2D eigenvalue weighted by Crippen LogP contribution is -1.91. The quantitative estimate of drug-likeness (QED) is 0.735. The summed E-state index contributed by atoms with van der Waals surface area (Å²) in [7, 11) is 0. The molecule has 2 aromatic heterocycles. The van der Waals surface area contributed by atoms with E-state index in [1.807, 2.05) is 19.2 Å². The van der Waals surface area contributed by atoms with Gasteiger partial charge in [0.2, 0.25) is 0 Å². The van der Waals surface area contributed by atoms with Crippen LogP contribution in [0.25, 0.3) is 5.65 Å². The van der Waals surface area contributed by atoms with E-state index in [1.54, 1.807) is 4.52 Å². The SMILES string of the molecule is Cc1ccn2nc(N)c(I)c2n1. The number of nitrogen functional groups attached to an aromatic ring is 1. The highest BCUT2D eigenvalue weighted by Gasteiger charge is 2.07. The van der Waals surface area contributed by atoms with E-state index in [9.17, 15) is 0 Å². The van der Waals surface area contributed by atoms with Crippen LogP contribution in [-0.2, 0) is 0 Å². The van der Waals surface area contributed by atoms with Gasteiger partial charge in [0.05, 0.1) is 0 Å². The summed E-state index contributed by atoms with van der Waals surface area (Å²) in [6.07, 6.45) is 1.86. The van der Waals surface area contributed by atoms with Crippen LogP contribution < -0.4 is 5.73 Å². The molecular formula is C7H7IN4. The summed E-state index contributed by atoms with van der Waals surface area (Å²) in [5.74, 6) is 0.536. The van der Waals surface area contributed by atoms with Crippen molar-refractivity contribution in [1.29, 1.82) is 0 Å². The molecule has 2 aromatic rings. The summed E-state index contributed by atoms with van der Waals surface area (Å²) >= 11 is 2.14. The van der Waals surface area contributed by atoms with Gasteiger partial charge in [-0.1, -0.05) is 0 Å². The summed E-state index contributed by atoms with van der Waals surface area (Å²) in [5.41, 5.74) is 7.42. The van der Waals surface area contributed by atoms with E-state index in [0.717, 1.165) is 14.9 Å². The van der Waals surface area contributed by atoms with Crippen LogP contribution in [0.3, 0.4) is 0 Å². The first-order chi connectivity index (χ1) is 5.68. The molecule has 0 saturated carbocycles. The highest BCUT2D eigenvalue weighted by molar-refractivity contribution is 14.1. The van der Waals surface area contributed by atoms with Crippen molar-refractivity contribution in [1.82, 2.24) is 14.6 Å². The molecule has 2 heterocycles. The maximum absolute atomic E-state index is 5.62. The molecule has 0 atom stereocenters. The molecule has 2 N–H and O–H groups in total. The molecular weight excluding hydrogens is 267 g/mol. The Morgan fingerprint density at radius 3 is 3.08 bits per heavy atom. The van der Waals surface area contributed by atoms with Crippen LogP contribution in [0.2, 0.25) is 0 Å². The molecule has 2 rings (SSSR count). The summed E-state index contributed by atoms with van der Waals surface area (Å²) in [6.45, 7) is 1.94. The van der Waals surface area contributed by atoms with Crippen LogP contribution in [0, 0.1) is 10.5 Å². The van der Waals surface area contributed by atoms with E-state index in [2.05, 4.69) is 32.7 Å². The number of fused-ring (bicyclic) bond motifs is 1. The highest BCUT2D eigenvalue weighted by atomic mass is 127. The van der Waals surface area contributed by atoms with Gasteiger partial charge < -0.3 is 5.73 Å². The van der Waals surface area contributed by atoms with Gasteiger partial charge in [-0.2, -0.15) is 0 Å². The molecule has 62 valence electrons. The highest BCUT2D eigenvalue weighted by Crippen LogP contribution is 2.17. The Balaban J connectivity index is 2.88. The minimum atomic E-state index is 0.536. The molecule has 0 saturated heterocycles. The monoisotopic (exact) mass is 274 g/mol. The fourth-order valence-electron chi connectivity index (χ4n) is 1.01. The molecule has 4 nitrogen and oxygen atoms in total. The number of aryl methyl sites for hydroxylation is 1. The van der Waals surface area contributed by atoms with E-state index in [0.29, 0.717) is 5.82 Å². The first-order valence-corrected chi connectivity index (χ1v) is 4.53. The normalized spacial score (nSPS) is 10.8.